The first-order chi connectivity index (χ1) is 8.93. The van der Waals surface area contributed by atoms with Gasteiger partial charge in [-0.1, -0.05) is 12.1 Å². The molecule has 1 aliphatic carbocycles. The van der Waals surface area contributed by atoms with Crippen LogP contribution in [0.4, 0.5) is 0 Å². The molecule has 94 valence electrons. The van der Waals surface area contributed by atoms with Crippen LogP contribution in [0.25, 0.3) is 0 Å². The summed E-state index contributed by atoms with van der Waals surface area (Å²) in [4.78, 5) is 5.85. The second kappa shape index (κ2) is 5.63. The SMILES string of the molecule is c1ccc(CCNC(c2cccs2)C2CC2)nc1. The predicted octanol–water partition coefficient (Wildman–Crippen LogP) is 3.43. The van der Waals surface area contributed by atoms with Crippen molar-refractivity contribution >= 4 is 11.3 Å². The Bertz CT molecular complexity index is 463. The third kappa shape index (κ3) is 2.98. The number of pyridine rings is 1. The summed E-state index contributed by atoms with van der Waals surface area (Å²) in [5.74, 6) is 0.854. The van der Waals surface area contributed by atoms with Gasteiger partial charge in [0.05, 0.1) is 0 Å². The number of aromatic nitrogens is 1. The Kier molecular flexibility index (Phi) is 3.72. The maximum atomic E-state index is 4.36. The zero-order valence-electron chi connectivity index (χ0n) is 10.4. The molecule has 0 spiro atoms. The van der Waals surface area contributed by atoms with Gasteiger partial charge in [0.1, 0.15) is 0 Å². The van der Waals surface area contributed by atoms with Gasteiger partial charge in [0.2, 0.25) is 0 Å². The summed E-state index contributed by atoms with van der Waals surface area (Å²) in [5.41, 5.74) is 1.17. The first-order valence-corrected chi connectivity index (χ1v) is 7.48. The summed E-state index contributed by atoms with van der Waals surface area (Å²) in [5, 5.41) is 5.87. The van der Waals surface area contributed by atoms with E-state index in [0.717, 1.165) is 18.9 Å². The van der Waals surface area contributed by atoms with E-state index in [0.29, 0.717) is 6.04 Å². The number of rotatable bonds is 6. The normalized spacial score (nSPS) is 16.7. The van der Waals surface area contributed by atoms with Gasteiger partial charge in [-0.15, -0.1) is 11.3 Å². The summed E-state index contributed by atoms with van der Waals surface area (Å²) in [6, 6.07) is 11.1. The lowest BCUT2D eigenvalue weighted by atomic mass is 10.1. The molecule has 2 aromatic heterocycles. The van der Waals surface area contributed by atoms with Gasteiger partial charge in [0.25, 0.3) is 0 Å². The second-order valence-electron chi connectivity index (χ2n) is 4.86. The van der Waals surface area contributed by atoms with Gasteiger partial charge >= 0.3 is 0 Å². The summed E-state index contributed by atoms with van der Waals surface area (Å²) in [7, 11) is 0. The Hall–Kier alpha value is -1.19. The highest BCUT2D eigenvalue weighted by atomic mass is 32.1. The number of nitrogens with zero attached hydrogens (tertiary/aromatic N) is 1. The number of hydrogen-bond donors (Lipinski definition) is 1. The van der Waals surface area contributed by atoms with Crippen LogP contribution in [0.5, 0.6) is 0 Å². The molecule has 1 aliphatic rings. The highest BCUT2D eigenvalue weighted by molar-refractivity contribution is 7.10. The van der Waals surface area contributed by atoms with E-state index in [9.17, 15) is 0 Å². The van der Waals surface area contributed by atoms with E-state index in [1.807, 2.05) is 23.6 Å². The van der Waals surface area contributed by atoms with Crippen molar-refractivity contribution in [2.45, 2.75) is 25.3 Å². The molecule has 0 saturated heterocycles. The smallest absolute Gasteiger partial charge is 0.0443 e. The van der Waals surface area contributed by atoms with Crippen LogP contribution in [-0.2, 0) is 6.42 Å². The standard InChI is InChI=1S/C15H18N2S/c1-2-9-16-13(4-1)8-10-17-15(12-6-7-12)14-5-3-11-18-14/h1-5,9,11-12,15,17H,6-8,10H2. The van der Waals surface area contributed by atoms with E-state index in [4.69, 9.17) is 0 Å². The van der Waals surface area contributed by atoms with Gasteiger partial charge in [-0.05, 0) is 42.3 Å². The summed E-state index contributed by atoms with van der Waals surface area (Å²) in [6.07, 6.45) is 5.63. The number of thiophene rings is 1. The van der Waals surface area contributed by atoms with Crippen molar-refractivity contribution in [2.24, 2.45) is 5.92 Å². The van der Waals surface area contributed by atoms with Crippen LogP contribution in [0.3, 0.4) is 0 Å². The topological polar surface area (TPSA) is 24.9 Å². The average molecular weight is 258 g/mol. The molecule has 1 N–H and O–H groups in total. The fourth-order valence-electron chi connectivity index (χ4n) is 2.30. The monoisotopic (exact) mass is 258 g/mol. The molecule has 0 radical (unpaired) electrons. The molecule has 0 amide bonds. The lowest BCUT2D eigenvalue weighted by Gasteiger charge is -2.16. The quantitative estimate of drug-likeness (QED) is 0.858. The number of hydrogen-bond acceptors (Lipinski definition) is 3. The van der Waals surface area contributed by atoms with E-state index >= 15 is 0 Å². The number of nitrogens with one attached hydrogen (secondary N) is 1. The zero-order chi connectivity index (χ0) is 12.2. The zero-order valence-corrected chi connectivity index (χ0v) is 11.2. The molecular formula is C15H18N2S. The van der Waals surface area contributed by atoms with Crippen molar-refractivity contribution in [3.05, 3.63) is 52.5 Å². The Labute approximate surface area is 112 Å². The highest BCUT2D eigenvalue weighted by Crippen LogP contribution is 2.42. The molecule has 18 heavy (non-hydrogen) atoms. The van der Waals surface area contributed by atoms with Gasteiger partial charge in [-0.3, -0.25) is 4.98 Å². The molecule has 1 fully saturated rings. The summed E-state index contributed by atoms with van der Waals surface area (Å²) >= 11 is 1.87. The first kappa shape index (κ1) is 11.9. The second-order valence-corrected chi connectivity index (χ2v) is 5.83. The molecule has 2 nitrogen and oxygen atoms in total. The third-order valence-electron chi connectivity index (χ3n) is 3.41. The largest absolute Gasteiger partial charge is 0.309 e. The van der Waals surface area contributed by atoms with Crippen molar-refractivity contribution in [2.75, 3.05) is 6.54 Å². The maximum Gasteiger partial charge on any atom is 0.0443 e. The van der Waals surface area contributed by atoms with Crippen LogP contribution in [0.15, 0.2) is 41.9 Å². The Morgan fingerprint density at radius 3 is 2.89 bits per heavy atom. The van der Waals surface area contributed by atoms with Gasteiger partial charge in [-0.25, -0.2) is 0 Å². The molecule has 2 heterocycles. The molecule has 1 unspecified atom stereocenters. The molecule has 0 bridgehead atoms. The molecule has 0 aromatic carbocycles. The summed E-state index contributed by atoms with van der Waals surface area (Å²) < 4.78 is 0. The molecule has 0 aliphatic heterocycles. The van der Waals surface area contributed by atoms with Crippen LogP contribution in [-0.4, -0.2) is 11.5 Å². The molecule has 2 aromatic rings. The summed E-state index contributed by atoms with van der Waals surface area (Å²) in [6.45, 7) is 1.01. The minimum atomic E-state index is 0.564. The Morgan fingerprint density at radius 2 is 2.22 bits per heavy atom. The van der Waals surface area contributed by atoms with Gasteiger partial charge in [0, 0.05) is 35.8 Å². The van der Waals surface area contributed by atoms with Crippen molar-refractivity contribution in [3.63, 3.8) is 0 Å². The van der Waals surface area contributed by atoms with Crippen LogP contribution in [0, 0.1) is 5.92 Å². The van der Waals surface area contributed by atoms with Gasteiger partial charge in [0.15, 0.2) is 0 Å². The minimum absolute atomic E-state index is 0.564. The van der Waals surface area contributed by atoms with Crippen molar-refractivity contribution in [1.82, 2.24) is 10.3 Å². The molecule has 1 atom stereocenters. The van der Waals surface area contributed by atoms with Crippen LogP contribution >= 0.6 is 11.3 Å². The highest BCUT2D eigenvalue weighted by Gasteiger charge is 2.32. The average Bonchev–Trinajstić information content (AvgIpc) is 3.10. The van der Waals surface area contributed by atoms with Crippen LogP contribution in [0.2, 0.25) is 0 Å². The lowest BCUT2D eigenvalue weighted by Crippen LogP contribution is -2.24. The van der Waals surface area contributed by atoms with E-state index in [-0.39, 0.29) is 0 Å². The van der Waals surface area contributed by atoms with Gasteiger partial charge < -0.3 is 5.32 Å². The van der Waals surface area contributed by atoms with E-state index in [2.05, 4.69) is 39.9 Å². The molecule has 3 rings (SSSR count). The van der Waals surface area contributed by atoms with E-state index in [1.54, 1.807) is 0 Å². The lowest BCUT2D eigenvalue weighted by molar-refractivity contribution is 0.490. The molecular weight excluding hydrogens is 240 g/mol. The molecule has 3 heteroatoms. The Morgan fingerprint density at radius 1 is 1.28 bits per heavy atom. The fraction of sp³-hybridized carbons (Fsp3) is 0.400. The van der Waals surface area contributed by atoms with Crippen LogP contribution < -0.4 is 5.32 Å². The van der Waals surface area contributed by atoms with Crippen LogP contribution in [0.1, 0.15) is 29.5 Å². The Balaban J connectivity index is 1.55. The van der Waals surface area contributed by atoms with Crippen molar-refractivity contribution in [3.8, 4) is 0 Å². The minimum Gasteiger partial charge on any atom is -0.309 e. The predicted molar refractivity (Wildman–Crippen MR) is 75.7 cm³/mol. The van der Waals surface area contributed by atoms with E-state index in [1.165, 1.54) is 23.4 Å². The fourth-order valence-corrected chi connectivity index (χ4v) is 3.19. The van der Waals surface area contributed by atoms with Crippen molar-refractivity contribution < 1.29 is 0 Å². The maximum absolute atomic E-state index is 4.36. The third-order valence-corrected chi connectivity index (χ3v) is 4.37. The molecule has 1 saturated carbocycles. The first-order valence-electron chi connectivity index (χ1n) is 6.60. The van der Waals surface area contributed by atoms with Gasteiger partial charge in [-0.2, -0.15) is 0 Å². The van der Waals surface area contributed by atoms with E-state index < -0.39 is 0 Å². The van der Waals surface area contributed by atoms with Crippen molar-refractivity contribution in [1.29, 1.82) is 0 Å².